The van der Waals surface area contributed by atoms with Crippen LogP contribution in [0.15, 0.2) is 47.5 Å². The van der Waals surface area contributed by atoms with Crippen LogP contribution in [0.1, 0.15) is 63.0 Å². The van der Waals surface area contributed by atoms with Crippen LogP contribution in [0.25, 0.3) is 21.9 Å². The van der Waals surface area contributed by atoms with E-state index in [9.17, 15) is 4.79 Å². The van der Waals surface area contributed by atoms with Gasteiger partial charge in [0.1, 0.15) is 0 Å². The first-order chi connectivity index (χ1) is 12.3. The predicted molar refractivity (Wildman–Crippen MR) is 104 cm³/mol. The SMILES string of the molecule is CCCCC1CCC2=C3C(=C(CC1)C2=O)c1cccc2cccc3c12. The van der Waals surface area contributed by atoms with E-state index >= 15 is 0 Å². The van der Waals surface area contributed by atoms with Crippen molar-refractivity contribution in [3.63, 3.8) is 0 Å². The quantitative estimate of drug-likeness (QED) is 0.644. The summed E-state index contributed by atoms with van der Waals surface area (Å²) in [5.41, 5.74) is 7.37. The standard InChI is InChI=1S/C24H24O/c1-2-3-6-15-11-13-19-22-17-9-4-7-16-8-5-10-18(21(16)17)23(22)20(14-12-15)24(19)25/h4-5,7-10,15H,2-3,6,11-14H2,1H3. The van der Waals surface area contributed by atoms with E-state index in [4.69, 9.17) is 0 Å². The Morgan fingerprint density at radius 1 is 0.920 bits per heavy atom. The van der Waals surface area contributed by atoms with E-state index in [0.717, 1.165) is 29.9 Å². The Labute approximate surface area is 149 Å². The van der Waals surface area contributed by atoms with Gasteiger partial charge in [0, 0.05) is 11.1 Å². The number of benzene rings is 2. The average molecular weight is 328 g/mol. The van der Waals surface area contributed by atoms with Crippen LogP contribution in [0.3, 0.4) is 0 Å². The normalized spacial score (nSPS) is 19.6. The number of hydrogen-bond donors (Lipinski definition) is 0. The summed E-state index contributed by atoms with van der Waals surface area (Å²) in [5, 5.41) is 2.66. The molecule has 1 nitrogen and oxygen atoms in total. The summed E-state index contributed by atoms with van der Waals surface area (Å²) in [4.78, 5) is 13.1. The maximum Gasteiger partial charge on any atom is 0.186 e. The zero-order chi connectivity index (χ0) is 17.0. The number of Topliss-reactive ketones (excluding diaryl/α,β-unsaturated/α-hetero) is 1. The van der Waals surface area contributed by atoms with Gasteiger partial charge in [0.15, 0.2) is 5.78 Å². The second-order valence-corrected chi connectivity index (χ2v) is 7.83. The highest BCUT2D eigenvalue weighted by molar-refractivity contribution is 6.38. The van der Waals surface area contributed by atoms with Gasteiger partial charge in [-0.1, -0.05) is 62.6 Å². The zero-order valence-electron chi connectivity index (χ0n) is 14.9. The molecule has 3 aliphatic rings. The van der Waals surface area contributed by atoms with Crippen molar-refractivity contribution in [2.75, 3.05) is 0 Å². The minimum absolute atomic E-state index is 0.352. The molecule has 126 valence electrons. The molecule has 1 saturated carbocycles. The van der Waals surface area contributed by atoms with Gasteiger partial charge in [0.25, 0.3) is 0 Å². The fourth-order valence-corrected chi connectivity index (χ4v) is 5.16. The van der Waals surface area contributed by atoms with E-state index in [0.29, 0.717) is 5.78 Å². The third-order valence-corrected chi connectivity index (χ3v) is 6.42. The summed E-state index contributed by atoms with van der Waals surface area (Å²) >= 11 is 0. The molecule has 2 aromatic carbocycles. The molecular weight excluding hydrogens is 304 g/mol. The lowest BCUT2D eigenvalue weighted by Gasteiger charge is -2.20. The third-order valence-electron chi connectivity index (χ3n) is 6.42. The minimum atomic E-state index is 0.352. The number of allylic oxidation sites excluding steroid dienone is 4. The van der Waals surface area contributed by atoms with Gasteiger partial charge in [-0.05, 0) is 64.6 Å². The van der Waals surface area contributed by atoms with Crippen molar-refractivity contribution in [2.45, 2.75) is 51.9 Å². The Morgan fingerprint density at radius 2 is 1.52 bits per heavy atom. The third kappa shape index (κ3) is 2.11. The molecule has 0 spiro atoms. The molecule has 0 saturated heterocycles. The Kier molecular flexibility index (Phi) is 3.45. The summed E-state index contributed by atoms with van der Waals surface area (Å²) in [6.45, 7) is 2.27. The van der Waals surface area contributed by atoms with Crippen LogP contribution >= 0.6 is 0 Å². The predicted octanol–water partition coefficient (Wildman–Crippen LogP) is 6.32. The highest BCUT2D eigenvalue weighted by atomic mass is 16.1. The van der Waals surface area contributed by atoms with E-state index in [1.54, 1.807) is 0 Å². The molecule has 0 heterocycles. The topological polar surface area (TPSA) is 17.1 Å². The largest absolute Gasteiger partial charge is 0.289 e. The molecule has 5 rings (SSSR count). The summed E-state index contributed by atoms with van der Waals surface area (Å²) < 4.78 is 0. The number of ketones is 1. The van der Waals surface area contributed by atoms with Crippen LogP contribution in [0, 0.1) is 5.92 Å². The Balaban J connectivity index is 1.67. The van der Waals surface area contributed by atoms with Crippen molar-refractivity contribution in [2.24, 2.45) is 5.92 Å². The van der Waals surface area contributed by atoms with Gasteiger partial charge in [-0.15, -0.1) is 0 Å². The molecule has 2 aromatic rings. The van der Waals surface area contributed by atoms with Crippen molar-refractivity contribution in [3.8, 4) is 0 Å². The summed E-state index contributed by atoms with van der Waals surface area (Å²) in [5.74, 6) is 1.13. The fourth-order valence-electron chi connectivity index (χ4n) is 5.16. The summed E-state index contributed by atoms with van der Waals surface area (Å²) in [6, 6.07) is 13.1. The Morgan fingerprint density at radius 3 is 2.08 bits per heavy atom. The van der Waals surface area contributed by atoms with Gasteiger partial charge >= 0.3 is 0 Å². The molecule has 0 N–H and O–H groups in total. The molecule has 0 unspecified atom stereocenters. The highest BCUT2D eigenvalue weighted by Gasteiger charge is 2.39. The first-order valence-corrected chi connectivity index (χ1v) is 9.83. The number of fused-ring (bicyclic) bond motifs is 5. The van der Waals surface area contributed by atoms with Crippen molar-refractivity contribution in [3.05, 3.63) is 58.7 Å². The van der Waals surface area contributed by atoms with E-state index < -0.39 is 0 Å². The highest BCUT2D eigenvalue weighted by Crippen LogP contribution is 2.54. The van der Waals surface area contributed by atoms with Crippen LogP contribution in [0.4, 0.5) is 0 Å². The number of hydrogen-bond acceptors (Lipinski definition) is 1. The van der Waals surface area contributed by atoms with Crippen LogP contribution in [-0.4, -0.2) is 5.78 Å². The minimum Gasteiger partial charge on any atom is -0.289 e. The molecule has 1 heteroatoms. The number of carbonyl (C=O) groups excluding carboxylic acids is 1. The van der Waals surface area contributed by atoms with Crippen LogP contribution in [0.5, 0.6) is 0 Å². The lowest BCUT2D eigenvalue weighted by molar-refractivity contribution is -0.112. The monoisotopic (exact) mass is 328 g/mol. The second-order valence-electron chi connectivity index (χ2n) is 7.83. The number of unbranched alkanes of at least 4 members (excludes halogenated alkanes) is 1. The van der Waals surface area contributed by atoms with Gasteiger partial charge in [0.2, 0.25) is 0 Å². The fraction of sp³-hybridized carbons (Fsp3) is 0.375. The number of rotatable bonds is 3. The molecule has 1 fully saturated rings. The van der Waals surface area contributed by atoms with Crippen molar-refractivity contribution in [1.82, 2.24) is 0 Å². The van der Waals surface area contributed by atoms with Gasteiger partial charge in [-0.25, -0.2) is 0 Å². The molecule has 0 aromatic heterocycles. The van der Waals surface area contributed by atoms with Crippen molar-refractivity contribution in [1.29, 1.82) is 0 Å². The first kappa shape index (κ1) is 15.1. The van der Waals surface area contributed by atoms with Gasteiger partial charge in [-0.2, -0.15) is 0 Å². The van der Waals surface area contributed by atoms with Crippen molar-refractivity contribution < 1.29 is 4.79 Å². The van der Waals surface area contributed by atoms with Crippen LogP contribution in [-0.2, 0) is 4.79 Å². The second kappa shape index (κ2) is 5.69. The molecule has 25 heavy (non-hydrogen) atoms. The van der Waals surface area contributed by atoms with E-state index in [2.05, 4.69) is 43.3 Å². The van der Waals surface area contributed by atoms with Crippen molar-refractivity contribution >= 4 is 27.7 Å². The maximum absolute atomic E-state index is 13.1. The Hall–Kier alpha value is -2.15. The molecule has 2 bridgehead atoms. The lowest BCUT2D eigenvalue weighted by atomic mass is 9.84. The van der Waals surface area contributed by atoms with E-state index in [1.807, 2.05) is 0 Å². The summed E-state index contributed by atoms with van der Waals surface area (Å²) in [6.07, 6.45) is 8.18. The van der Waals surface area contributed by atoms with Crippen LogP contribution < -0.4 is 0 Å². The molecule has 3 aliphatic carbocycles. The Bertz CT molecular complexity index is 888. The zero-order valence-corrected chi connectivity index (χ0v) is 14.9. The smallest absolute Gasteiger partial charge is 0.186 e. The molecular formula is C24H24O. The summed E-state index contributed by atoms with van der Waals surface area (Å²) in [7, 11) is 0. The van der Waals surface area contributed by atoms with Gasteiger partial charge in [-0.3, -0.25) is 4.79 Å². The average Bonchev–Trinajstić information content (AvgIpc) is 3.11. The molecule has 0 aliphatic heterocycles. The first-order valence-electron chi connectivity index (χ1n) is 9.83. The van der Waals surface area contributed by atoms with E-state index in [1.165, 1.54) is 65.1 Å². The molecule has 0 radical (unpaired) electrons. The molecule has 0 amide bonds. The molecule has 0 atom stereocenters. The van der Waals surface area contributed by atoms with Crippen LogP contribution in [0.2, 0.25) is 0 Å². The lowest BCUT2D eigenvalue weighted by Crippen LogP contribution is -2.12. The van der Waals surface area contributed by atoms with E-state index in [-0.39, 0.29) is 0 Å². The van der Waals surface area contributed by atoms with Gasteiger partial charge < -0.3 is 0 Å². The number of carbonyl (C=O) groups is 1. The van der Waals surface area contributed by atoms with Gasteiger partial charge in [0.05, 0.1) is 0 Å². The maximum atomic E-state index is 13.1.